The molecule has 0 aromatic heterocycles. The number of fused-ring (bicyclic) bond motifs is 1. The summed E-state index contributed by atoms with van der Waals surface area (Å²) in [7, 11) is 4.04. The van der Waals surface area contributed by atoms with Gasteiger partial charge in [0.15, 0.2) is 0 Å². The molecule has 5 rings (SSSR count). The van der Waals surface area contributed by atoms with Crippen molar-refractivity contribution in [2.24, 2.45) is 4.99 Å². The van der Waals surface area contributed by atoms with E-state index in [1.54, 1.807) is 0 Å². The highest BCUT2D eigenvalue weighted by Gasteiger charge is 2.31. The number of aliphatic imine (C=N–C) groups is 1. The number of likely N-dealkylation sites (N-methyl/N-ethyl adjacent to an activating group) is 2. The van der Waals surface area contributed by atoms with Crippen molar-refractivity contribution in [1.29, 1.82) is 0 Å². The minimum Gasteiger partial charge on any atom is -0.342 e. The summed E-state index contributed by atoms with van der Waals surface area (Å²) in [5.74, 6) is 0.897. The zero-order valence-corrected chi connectivity index (χ0v) is 24.5. The van der Waals surface area contributed by atoms with Crippen molar-refractivity contribution < 1.29 is 9.18 Å². The van der Waals surface area contributed by atoms with Crippen LogP contribution in [0.5, 0.6) is 0 Å². The molecule has 1 fully saturated rings. The van der Waals surface area contributed by atoms with Gasteiger partial charge in [0.05, 0.1) is 12.5 Å². The Kier molecular flexibility index (Phi) is 10.7. The molecule has 7 heteroatoms. The van der Waals surface area contributed by atoms with Crippen molar-refractivity contribution in [1.82, 2.24) is 19.8 Å². The third-order valence-corrected chi connectivity index (χ3v) is 7.63. The van der Waals surface area contributed by atoms with Crippen LogP contribution in [0.25, 0.3) is 10.8 Å². The first-order valence-corrected chi connectivity index (χ1v) is 14.4. The van der Waals surface area contributed by atoms with E-state index in [0.29, 0.717) is 6.42 Å². The Labute approximate surface area is 244 Å². The maximum absolute atomic E-state index is 13.3. The second kappa shape index (κ2) is 14.6. The summed E-state index contributed by atoms with van der Waals surface area (Å²) in [6, 6.07) is 14.7. The van der Waals surface area contributed by atoms with Gasteiger partial charge in [0, 0.05) is 45.6 Å². The fraction of sp³-hybridized carbons (Fsp3) is 0.353. The number of amides is 1. The third-order valence-electron chi connectivity index (χ3n) is 7.63. The van der Waals surface area contributed by atoms with Gasteiger partial charge in [-0.1, -0.05) is 61.2 Å². The van der Waals surface area contributed by atoms with Crippen molar-refractivity contribution in [3.05, 3.63) is 109 Å². The van der Waals surface area contributed by atoms with Crippen LogP contribution in [0.15, 0.2) is 108 Å². The molecule has 0 bridgehead atoms. The van der Waals surface area contributed by atoms with E-state index in [2.05, 4.69) is 63.8 Å². The number of allylic oxidation sites excluding steroid dienone is 5. The number of nitrogens with zero attached hydrogens (tertiary/aromatic N) is 5. The maximum atomic E-state index is 13.3. The molecule has 1 amide bonds. The summed E-state index contributed by atoms with van der Waals surface area (Å²) in [6.07, 6.45) is 17.0. The molecule has 0 radical (unpaired) electrons. The van der Waals surface area contributed by atoms with E-state index in [4.69, 9.17) is 0 Å². The number of carbonyl (C=O) groups excluding carboxylic acids is 1. The second-order valence-corrected chi connectivity index (χ2v) is 10.6. The Morgan fingerprint density at radius 1 is 1.10 bits per heavy atom. The number of piperidine rings is 1. The molecule has 3 aliphatic rings. The summed E-state index contributed by atoms with van der Waals surface area (Å²) < 4.78 is 13.3. The van der Waals surface area contributed by atoms with E-state index < -0.39 is 0 Å². The second-order valence-electron chi connectivity index (χ2n) is 10.6. The summed E-state index contributed by atoms with van der Waals surface area (Å²) in [5, 5.41) is 6.64. The average Bonchev–Trinajstić information content (AvgIpc) is 3.26. The molecule has 1 unspecified atom stereocenters. The van der Waals surface area contributed by atoms with Gasteiger partial charge >= 0.3 is 0 Å². The van der Waals surface area contributed by atoms with Crippen LogP contribution in [0.2, 0.25) is 0 Å². The predicted octanol–water partition coefficient (Wildman–Crippen LogP) is 6.62. The highest BCUT2D eigenvalue weighted by Crippen LogP contribution is 2.25. The third kappa shape index (κ3) is 7.82. The first-order valence-electron chi connectivity index (χ1n) is 14.4. The van der Waals surface area contributed by atoms with Crippen molar-refractivity contribution >= 4 is 22.6 Å². The molecule has 0 N–H and O–H groups in total. The molecule has 0 saturated carbocycles. The molecule has 3 aliphatic heterocycles. The van der Waals surface area contributed by atoms with Gasteiger partial charge < -0.3 is 9.80 Å². The quantitative estimate of drug-likeness (QED) is 0.376. The van der Waals surface area contributed by atoms with Gasteiger partial charge in [0.1, 0.15) is 5.83 Å². The van der Waals surface area contributed by atoms with Gasteiger partial charge in [-0.3, -0.25) is 4.79 Å². The maximum Gasteiger partial charge on any atom is 0.227 e. The van der Waals surface area contributed by atoms with Crippen LogP contribution in [0, 0.1) is 0 Å². The fourth-order valence-corrected chi connectivity index (χ4v) is 5.45. The molecule has 3 heterocycles. The van der Waals surface area contributed by atoms with Crippen LogP contribution in [0.3, 0.4) is 0 Å². The van der Waals surface area contributed by atoms with Crippen LogP contribution < -0.4 is 0 Å². The summed E-state index contributed by atoms with van der Waals surface area (Å²) in [4.78, 5) is 20.9. The van der Waals surface area contributed by atoms with Crippen LogP contribution in [0.1, 0.15) is 38.2 Å². The highest BCUT2D eigenvalue weighted by molar-refractivity contribution is 5.90. The number of hydrazine groups is 1. The monoisotopic (exact) mass is 555 g/mol. The zero-order valence-electron chi connectivity index (χ0n) is 24.5. The molecule has 0 aliphatic carbocycles. The number of hydrogen-bond donors (Lipinski definition) is 0. The molecule has 2 aromatic rings. The number of carbonyl (C=O) groups is 1. The van der Waals surface area contributed by atoms with Crippen LogP contribution in [-0.4, -0.2) is 71.5 Å². The number of benzene rings is 2. The lowest BCUT2D eigenvalue weighted by molar-refractivity contribution is -0.131. The Hall–Kier alpha value is -3.97. The minimum absolute atomic E-state index is 0.190. The van der Waals surface area contributed by atoms with Crippen LogP contribution in [-0.2, 0) is 11.2 Å². The van der Waals surface area contributed by atoms with Crippen molar-refractivity contribution in [3.63, 3.8) is 0 Å². The first-order chi connectivity index (χ1) is 19.9. The molecular weight excluding hydrogens is 513 g/mol. The van der Waals surface area contributed by atoms with Crippen LogP contribution >= 0.6 is 0 Å². The van der Waals surface area contributed by atoms with Gasteiger partial charge in [-0.05, 0) is 73.2 Å². The number of rotatable bonds is 6. The smallest absolute Gasteiger partial charge is 0.227 e. The van der Waals surface area contributed by atoms with Gasteiger partial charge in [-0.25, -0.2) is 19.4 Å². The SMILES string of the molecule is C=C/C=C(F)\C=C/CC1C=C(C)N(C2=NC=CCN2C)N1C.O=C(Cc1cccc2ccccc12)N1CCCCC1. The first kappa shape index (κ1) is 30.0. The van der Waals surface area contributed by atoms with E-state index in [1.165, 1.54) is 35.4 Å². The fourth-order valence-electron chi connectivity index (χ4n) is 5.45. The standard InChI is InChI=1S/C17H23FN4.C17H19NO/c1-5-8-15(18)9-6-10-16-13-14(2)22(21(16)4)17-19-11-7-12-20(17)3;19-17(18-11-4-1-5-12-18)13-15-9-6-8-14-7-2-3-10-16(14)15/h5-9,11,13,16H,1,10,12H2,2-4H3;2-3,6-10H,1,4-5,11-13H2/b9-6-,15-8+;. The molecular formula is C34H42FN5O. The van der Waals surface area contributed by atoms with E-state index in [1.807, 2.05) is 55.5 Å². The van der Waals surface area contributed by atoms with Crippen LogP contribution in [0.4, 0.5) is 4.39 Å². The summed E-state index contributed by atoms with van der Waals surface area (Å²) in [6.45, 7) is 8.26. The van der Waals surface area contributed by atoms with Gasteiger partial charge in [0.25, 0.3) is 0 Å². The Morgan fingerprint density at radius 3 is 2.61 bits per heavy atom. The van der Waals surface area contributed by atoms with Gasteiger partial charge in [0.2, 0.25) is 11.9 Å². The molecule has 0 spiro atoms. The van der Waals surface area contributed by atoms with Crippen molar-refractivity contribution in [2.45, 2.75) is 45.1 Å². The van der Waals surface area contributed by atoms with Crippen molar-refractivity contribution in [3.8, 4) is 0 Å². The number of hydrogen-bond acceptors (Lipinski definition) is 5. The summed E-state index contributed by atoms with van der Waals surface area (Å²) in [5.41, 5.74) is 2.28. The minimum atomic E-state index is -0.283. The molecule has 2 aromatic carbocycles. The number of halogens is 1. The Bertz CT molecular complexity index is 1360. The number of likely N-dealkylation sites (tertiary alicyclic amines) is 1. The number of guanidine groups is 1. The molecule has 1 atom stereocenters. The summed E-state index contributed by atoms with van der Waals surface area (Å²) >= 11 is 0. The Morgan fingerprint density at radius 2 is 1.85 bits per heavy atom. The molecule has 41 heavy (non-hydrogen) atoms. The zero-order chi connectivity index (χ0) is 29.2. The highest BCUT2D eigenvalue weighted by atomic mass is 19.1. The lowest BCUT2D eigenvalue weighted by Gasteiger charge is -2.36. The lowest BCUT2D eigenvalue weighted by atomic mass is 10.0. The van der Waals surface area contributed by atoms with E-state index in [0.717, 1.165) is 56.1 Å². The Balaban J connectivity index is 0.000000191. The van der Waals surface area contributed by atoms with E-state index in [9.17, 15) is 9.18 Å². The van der Waals surface area contributed by atoms with E-state index >= 15 is 0 Å². The van der Waals surface area contributed by atoms with Gasteiger partial charge in [-0.2, -0.15) is 0 Å². The van der Waals surface area contributed by atoms with Gasteiger partial charge in [-0.15, -0.1) is 0 Å². The largest absolute Gasteiger partial charge is 0.342 e. The molecule has 216 valence electrons. The average molecular weight is 556 g/mol. The lowest BCUT2D eigenvalue weighted by Crippen LogP contribution is -2.49. The molecule has 1 saturated heterocycles. The molecule has 6 nitrogen and oxygen atoms in total. The van der Waals surface area contributed by atoms with E-state index in [-0.39, 0.29) is 17.8 Å². The topological polar surface area (TPSA) is 42.4 Å². The normalized spacial score (nSPS) is 19.8. The predicted molar refractivity (Wildman–Crippen MR) is 168 cm³/mol. The van der Waals surface area contributed by atoms with Crippen molar-refractivity contribution in [2.75, 3.05) is 33.7 Å².